The van der Waals surface area contributed by atoms with Crippen LogP contribution in [0.1, 0.15) is 33.2 Å². The number of carbonyl (C=O) groups is 3. The van der Waals surface area contributed by atoms with Crippen LogP contribution in [0.25, 0.3) is 0 Å². The largest absolute Gasteiger partial charge is 0.508 e. The zero-order chi connectivity index (χ0) is 18.2. The minimum absolute atomic E-state index is 0.0457. The maximum absolute atomic E-state index is 12.1. The Labute approximate surface area is 145 Å². The summed E-state index contributed by atoms with van der Waals surface area (Å²) in [7, 11) is 0. The number of Topliss-reactive ketones (excluding diaryl/α,β-unsaturated/α-hetero) is 1. The second-order valence-electron chi connectivity index (χ2n) is 5.48. The summed E-state index contributed by atoms with van der Waals surface area (Å²) in [4.78, 5) is 34.7. The van der Waals surface area contributed by atoms with Crippen molar-refractivity contribution in [1.29, 1.82) is 0 Å². The molecule has 0 saturated carbocycles. The first-order chi connectivity index (χ1) is 12.0. The van der Waals surface area contributed by atoms with Gasteiger partial charge in [0.2, 0.25) is 5.91 Å². The number of amides is 1. The number of carbonyl (C=O) groups excluding carboxylic acids is 3. The van der Waals surface area contributed by atoms with Gasteiger partial charge in [-0.15, -0.1) is 0 Å². The van der Waals surface area contributed by atoms with Gasteiger partial charge in [0.05, 0.1) is 5.56 Å². The number of hydrogen-bond acceptors (Lipinski definition) is 5. The summed E-state index contributed by atoms with van der Waals surface area (Å²) in [6, 6.07) is 12.6. The Morgan fingerprint density at radius 3 is 2.40 bits per heavy atom. The van der Waals surface area contributed by atoms with E-state index in [-0.39, 0.29) is 29.6 Å². The average Bonchev–Trinajstić information content (AvgIpc) is 2.59. The van der Waals surface area contributed by atoms with Crippen molar-refractivity contribution in [2.24, 2.45) is 0 Å². The van der Waals surface area contributed by atoms with Gasteiger partial charge in [0, 0.05) is 19.0 Å². The molecule has 0 aliphatic rings. The molecule has 6 nitrogen and oxygen atoms in total. The number of aromatic hydroxyl groups is 1. The van der Waals surface area contributed by atoms with E-state index in [4.69, 9.17) is 4.74 Å². The van der Waals surface area contributed by atoms with Gasteiger partial charge in [-0.3, -0.25) is 9.59 Å². The quantitative estimate of drug-likeness (QED) is 0.594. The molecule has 2 rings (SSSR count). The molecule has 0 saturated heterocycles. The van der Waals surface area contributed by atoms with Gasteiger partial charge in [-0.25, -0.2) is 4.79 Å². The molecule has 0 atom stereocenters. The number of benzene rings is 2. The molecule has 2 aromatic rings. The summed E-state index contributed by atoms with van der Waals surface area (Å²) in [5.41, 5.74) is 1.61. The molecule has 0 radical (unpaired) electrons. The van der Waals surface area contributed by atoms with E-state index < -0.39 is 5.97 Å². The van der Waals surface area contributed by atoms with Crippen molar-refractivity contribution >= 4 is 17.7 Å². The Hall–Kier alpha value is -3.15. The molecule has 2 aromatic carbocycles. The molecule has 6 heteroatoms. The first-order valence-corrected chi connectivity index (χ1v) is 7.78. The third kappa shape index (κ3) is 5.76. The third-order valence-electron chi connectivity index (χ3n) is 3.48. The van der Waals surface area contributed by atoms with Crippen LogP contribution in [-0.4, -0.2) is 35.9 Å². The zero-order valence-corrected chi connectivity index (χ0v) is 13.8. The summed E-state index contributed by atoms with van der Waals surface area (Å²) >= 11 is 0. The molecule has 1 amide bonds. The van der Waals surface area contributed by atoms with E-state index in [1.54, 1.807) is 24.3 Å². The fourth-order valence-electron chi connectivity index (χ4n) is 2.17. The maximum Gasteiger partial charge on any atom is 0.338 e. The monoisotopic (exact) mass is 341 g/mol. The topological polar surface area (TPSA) is 92.7 Å². The Bertz CT molecular complexity index is 768. The second-order valence-corrected chi connectivity index (χ2v) is 5.48. The number of ketones is 1. The minimum Gasteiger partial charge on any atom is -0.508 e. The van der Waals surface area contributed by atoms with E-state index >= 15 is 0 Å². The van der Waals surface area contributed by atoms with Crippen molar-refractivity contribution < 1.29 is 24.2 Å². The highest BCUT2D eigenvalue weighted by Gasteiger charge is 2.12. The molecule has 0 aliphatic heterocycles. The van der Waals surface area contributed by atoms with Gasteiger partial charge < -0.3 is 15.2 Å². The summed E-state index contributed by atoms with van der Waals surface area (Å²) in [5.74, 6) is -1.12. The Morgan fingerprint density at radius 1 is 1.04 bits per heavy atom. The maximum atomic E-state index is 12.1. The van der Waals surface area contributed by atoms with Gasteiger partial charge in [0.1, 0.15) is 5.75 Å². The molecule has 130 valence electrons. The normalized spacial score (nSPS) is 10.1. The summed E-state index contributed by atoms with van der Waals surface area (Å²) in [5, 5.41) is 12.0. The number of phenols is 1. The number of esters is 1. The van der Waals surface area contributed by atoms with Crippen LogP contribution in [0.3, 0.4) is 0 Å². The first-order valence-electron chi connectivity index (χ1n) is 7.78. The minimum atomic E-state index is -0.670. The van der Waals surface area contributed by atoms with Crippen LogP contribution in [0.4, 0.5) is 0 Å². The third-order valence-corrected chi connectivity index (χ3v) is 3.48. The molecule has 0 heterocycles. The molecule has 0 spiro atoms. The van der Waals surface area contributed by atoms with E-state index in [9.17, 15) is 19.5 Å². The van der Waals surface area contributed by atoms with Crippen molar-refractivity contribution in [3.63, 3.8) is 0 Å². The van der Waals surface area contributed by atoms with E-state index in [2.05, 4.69) is 5.32 Å². The Kier molecular flexibility index (Phi) is 6.28. The van der Waals surface area contributed by atoms with Gasteiger partial charge in [-0.05, 0) is 30.2 Å². The van der Waals surface area contributed by atoms with Gasteiger partial charge in [0.15, 0.2) is 12.4 Å². The van der Waals surface area contributed by atoms with E-state index in [1.165, 1.54) is 31.2 Å². The van der Waals surface area contributed by atoms with Crippen molar-refractivity contribution in [2.45, 2.75) is 13.3 Å². The van der Waals surface area contributed by atoms with E-state index in [1.807, 2.05) is 0 Å². The molecule has 0 unspecified atom stereocenters. The first kappa shape index (κ1) is 18.2. The van der Waals surface area contributed by atoms with Gasteiger partial charge >= 0.3 is 5.97 Å². The predicted octanol–water partition coefficient (Wildman–Crippen LogP) is 2.11. The van der Waals surface area contributed by atoms with Crippen molar-refractivity contribution in [3.05, 3.63) is 65.2 Å². The number of rotatable bonds is 7. The summed E-state index contributed by atoms with van der Waals surface area (Å²) < 4.78 is 4.97. The number of nitrogens with one attached hydrogen (secondary N) is 1. The average molecular weight is 341 g/mol. The van der Waals surface area contributed by atoms with Crippen LogP contribution in [0.15, 0.2) is 48.5 Å². The molecular weight excluding hydrogens is 322 g/mol. The smallest absolute Gasteiger partial charge is 0.338 e. The SMILES string of the molecule is CC(=O)NCCc1ccc(C(=O)COC(=O)c2cccc(O)c2)cc1. The highest BCUT2D eigenvalue weighted by atomic mass is 16.5. The summed E-state index contributed by atoms with van der Waals surface area (Å²) in [6.07, 6.45) is 0.667. The van der Waals surface area contributed by atoms with Gasteiger partial charge in [-0.1, -0.05) is 30.3 Å². The number of ether oxygens (including phenoxy) is 1. The number of phenolic OH excluding ortho intramolecular Hbond substituents is 1. The molecule has 2 N–H and O–H groups in total. The fraction of sp³-hybridized carbons (Fsp3) is 0.211. The van der Waals surface area contributed by atoms with Crippen LogP contribution in [0, 0.1) is 0 Å². The van der Waals surface area contributed by atoms with Gasteiger partial charge in [0.25, 0.3) is 0 Å². The lowest BCUT2D eigenvalue weighted by Gasteiger charge is -2.06. The van der Waals surface area contributed by atoms with Crippen molar-refractivity contribution in [1.82, 2.24) is 5.32 Å². The molecule has 0 bridgehead atoms. The predicted molar refractivity (Wildman–Crippen MR) is 91.5 cm³/mol. The lowest BCUT2D eigenvalue weighted by molar-refractivity contribution is -0.118. The Balaban J connectivity index is 1.86. The lowest BCUT2D eigenvalue weighted by Crippen LogP contribution is -2.22. The molecule has 0 aliphatic carbocycles. The van der Waals surface area contributed by atoms with Crippen molar-refractivity contribution in [3.8, 4) is 5.75 Å². The van der Waals surface area contributed by atoms with Crippen LogP contribution in [-0.2, 0) is 16.0 Å². The van der Waals surface area contributed by atoms with Crippen LogP contribution < -0.4 is 5.32 Å². The molecule has 0 aromatic heterocycles. The summed E-state index contributed by atoms with van der Waals surface area (Å²) in [6.45, 7) is 1.61. The second kappa shape index (κ2) is 8.63. The van der Waals surface area contributed by atoms with Crippen molar-refractivity contribution in [2.75, 3.05) is 13.2 Å². The van der Waals surface area contributed by atoms with Crippen LogP contribution >= 0.6 is 0 Å². The van der Waals surface area contributed by atoms with Gasteiger partial charge in [-0.2, -0.15) is 0 Å². The number of hydrogen-bond donors (Lipinski definition) is 2. The molecule has 0 fully saturated rings. The van der Waals surface area contributed by atoms with E-state index in [0.717, 1.165) is 5.56 Å². The molecule has 25 heavy (non-hydrogen) atoms. The Morgan fingerprint density at radius 2 is 1.76 bits per heavy atom. The standard InChI is InChI=1S/C19H19NO5/c1-13(21)20-10-9-14-5-7-15(8-6-14)18(23)12-25-19(24)16-3-2-4-17(22)11-16/h2-8,11,22H,9-10,12H2,1H3,(H,20,21). The highest BCUT2D eigenvalue weighted by Crippen LogP contribution is 2.12. The lowest BCUT2D eigenvalue weighted by atomic mass is 10.1. The van der Waals surface area contributed by atoms with Crippen LogP contribution in [0.5, 0.6) is 5.75 Å². The fourth-order valence-corrected chi connectivity index (χ4v) is 2.17. The van der Waals surface area contributed by atoms with E-state index in [0.29, 0.717) is 18.5 Å². The highest BCUT2D eigenvalue weighted by molar-refractivity contribution is 5.99. The van der Waals surface area contributed by atoms with Crippen LogP contribution in [0.2, 0.25) is 0 Å². The molecular formula is C19H19NO5. The zero-order valence-electron chi connectivity index (χ0n) is 13.8.